The minimum absolute atomic E-state index is 0.340. The molecule has 1 aromatic carbocycles. The van der Waals surface area contributed by atoms with E-state index in [1.54, 1.807) is 12.1 Å². The Morgan fingerprint density at radius 2 is 2.00 bits per heavy atom. The molecule has 0 amide bonds. The number of carboxylic acid groups (broad SMARTS) is 1. The first-order valence-corrected chi connectivity index (χ1v) is 8.64. The number of hydrogen-bond donors (Lipinski definition) is 2. The Morgan fingerprint density at radius 1 is 1.25 bits per heavy atom. The molecule has 128 valence electrons. The number of carboxylic acids is 1. The first-order chi connectivity index (χ1) is 11.6. The zero-order chi connectivity index (χ0) is 17.1. The lowest BCUT2D eigenvalue weighted by molar-refractivity contribution is 0.0697. The molecule has 1 aliphatic rings. The van der Waals surface area contributed by atoms with E-state index in [0.717, 1.165) is 36.5 Å². The van der Waals surface area contributed by atoms with Crippen LogP contribution < -0.4 is 0 Å². The molecule has 24 heavy (non-hydrogen) atoms. The van der Waals surface area contributed by atoms with E-state index >= 15 is 0 Å². The molecule has 2 heterocycles. The first-order valence-electron chi connectivity index (χ1n) is 8.64. The third kappa shape index (κ3) is 3.51. The lowest BCUT2D eigenvalue weighted by atomic mass is 9.98. The monoisotopic (exact) mass is 327 g/mol. The minimum atomic E-state index is -0.876. The van der Waals surface area contributed by atoms with E-state index < -0.39 is 5.97 Å². The van der Waals surface area contributed by atoms with Gasteiger partial charge in [0.15, 0.2) is 0 Å². The van der Waals surface area contributed by atoms with Crippen LogP contribution in [0.3, 0.4) is 0 Å². The van der Waals surface area contributed by atoms with Crippen molar-refractivity contribution in [3.05, 3.63) is 52.3 Å². The number of aryl methyl sites for hydroxylation is 2. The predicted molar refractivity (Wildman–Crippen MR) is 93.1 cm³/mol. The van der Waals surface area contributed by atoms with Crippen molar-refractivity contribution >= 4 is 5.97 Å². The molecule has 3 rings (SSSR count). The van der Waals surface area contributed by atoms with Crippen LogP contribution in [-0.2, 0) is 6.54 Å². The summed E-state index contributed by atoms with van der Waals surface area (Å²) in [5.41, 5.74) is 5.08. The van der Waals surface area contributed by atoms with E-state index in [4.69, 9.17) is 5.11 Å². The summed E-state index contributed by atoms with van der Waals surface area (Å²) >= 11 is 0. The second-order valence-electron chi connectivity index (χ2n) is 6.69. The predicted octanol–water partition coefficient (Wildman–Crippen LogP) is 3.84. The fourth-order valence-corrected chi connectivity index (χ4v) is 3.72. The smallest absolute Gasteiger partial charge is 0.335 e. The standard InChI is InChI=1S/C19H25N3O2/c1-13-18(14(2)21-20-13)17-6-4-3-5-11-22(17)12-15-7-9-16(10-8-15)19(23)24/h7-10,17H,3-6,11-12H2,1-2H3,(H,20,21)(H,23,24). The van der Waals surface area contributed by atoms with E-state index in [2.05, 4.69) is 28.9 Å². The van der Waals surface area contributed by atoms with Crippen LogP contribution in [0, 0.1) is 13.8 Å². The van der Waals surface area contributed by atoms with Gasteiger partial charge in [0.2, 0.25) is 0 Å². The molecule has 5 heteroatoms. The zero-order valence-corrected chi connectivity index (χ0v) is 14.4. The van der Waals surface area contributed by atoms with E-state index in [0.29, 0.717) is 11.6 Å². The Bertz CT molecular complexity index is 686. The fourth-order valence-electron chi connectivity index (χ4n) is 3.72. The summed E-state index contributed by atoms with van der Waals surface area (Å²) in [6.07, 6.45) is 4.86. The maximum Gasteiger partial charge on any atom is 0.335 e. The van der Waals surface area contributed by atoms with Crippen LogP contribution in [0.4, 0.5) is 0 Å². The molecule has 2 aromatic rings. The second kappa shape index (κ2) is 7.18. The van der Waals surface area contributed by atoms with Gasteiger partial charge in [-0.25, -0.2) is 4.79 Å². The fraction of sp³-hybridized carbons (Fsp3) is 0.474. The van der Waals surface area contributed by atoms with Crippen molar-refractivity contribution < 1.29 is 9.90 Å². The third-order valence-electron chi connectivity index (χ3n) is 4.97. The number of aromatic carboxylic acids is 1. The summed E-state index contributed by atoms with van der Waals surface area (Å²) in [5.74, 6) is -0.876. The summed E-state index contributed by atoms with van der Waals surface area (Å²) in [6.45, 7) is 6.08. The molecule has 0 spiro atoms. The van der Waals surface area contributed by atoms with Crippen LogP contribution in [0.15, 0.2) is 24.3 Å². The topological polar surface area (TPSA) is 69.2 Å². The van der Waals surface area contributed by atoms with Crippen LogP contribution >= 0.6 is 0 Å². The van der Waals surface area contributed by atoms with Crippen LogP contribution in [-0.4, -0.2) is 32.7 Å². The van der Waals surface area contributed by atoms with Crippen molar-refractivity contribution in [1.82, 2.24) is 15.1 Å². The summed E-state index contributed by atoms with van der Waals surface area (Å²) in [7, 11) is 0. The average molecular weight is 327 g/mol. The normalized spacial score (nSPS) is 19.2. The number of hydrogen-bond acceptors (Lipinski definition) is 3. The Hall–Kier alpha value is -2.14. The van der Waals surface area contributed by atoms with E-state index in [1.807, 2.05) is 12.1 Å². The molecular weight excluding hydrogens is 302 g/mol. The van der Waals surface area contributed by atoms with Gasteiger partial charge in [0.25, 0.3) is 0 Å². The molecule has 0 bridgehead atoms. The van der Waals surface area contributed by atoms with Crippen molar-refractivity contribution in [3.63, 3.8) is 0 Å². The number of rotatable bonds is 4. The number of aromatic amines is 1. The SMILES string of the molecule is Cc1n[nH]c(C)c1C1CCCCCN1Cc1ccc(C(=O)O)cc1. The molecule has 0 aliphatic carbocycles. The summed E-state index contributed by atoms with van der Waals surface area (Å²) in [6, 6.07) is 7.63. The Labute approximate surface area is 142 Å². The molecule has 1 saturated heterocycles. The Morgan fingerprint density at radius 3 is 2.62 bits per heavy atom. The molecule has 0 radical (unpaired) electrons. The average Bonchev–Trinajstić information content (AvgIpc) is 2.76. The highest BCUT2D eigenvalue weighted by atomic mass is 16.4. The summed E-state index contributed by atoms with van der Waals surface area (Å²) in [4.78, 5) is 13.5. The molecule has 1 atom stereocenters. The van der Waals surface area contributed by atoms with Crippen LogP contribution in [0.5, 0.6) is 0 Å². The molecule has 1 fully saturated rings. The highest BCUT2D eigenvalue weighted by Gasteiger charge is 2.26. The molecular formula is C19H25N3O2. The molecule has 1 aliphatic heterocycles. The summed E-state index contributed by atoms with van der Waals surface area (Å²) in [5, 5.41) is 16.5. The van der Waals surface area contributed by atoms with E-state index in [1.165, 1.54) is 24.8 Å². The van der Waals surface area contributed by atoms with Crippen molar-refractivity contribution in [2.24, 2.45) is 0 Å². The van der Waals surface area contributed by atoms with Gasteiger partial charge in [-0.15, -0.1) is 0 Å². The van der Waals surface area contributed by atoms with Gasteiger partial charge in [-0.05, 0) is 50.9 Å². The van der Waals surface area contributed by atoms with Gasteiger partial charge < -0.3 is 5.11 Å². The van der Waals surface area contributed by atoms with Crippen molar-refractivity contribution in [2.75, 3.05) is 6.54 Å². The van der Waals surface area contributed by atoms with Crippen molar-refractivity contribution in [2.45, 2.75) is 52.1 Å². The number of likely N-dealkylation sites (tertiary alicyclic amines) is 1. The number of nitrogens with zero attached hydrogens (tertiary/aromatic N) is 2. The van der Waals surface area contributed by atoms with E-state index in [-0.39, 0.29) is 0 Å². The van der Waals surface area contributed by atoms with Gasteiger partial charge >= 0.3 is 5.97 Å². The number of benzene rings is 1. The highest BCUT2D eigenvalue weighted by molar-refractivity contribution is 5.87. The molecule has 5 nitrogen and oxygen atoms in total. The molecule has 1 aromatic heterocycles. The van der Waals surface area contributed by atoms with Crippen LogP contribution in [0.1, 0.15) is 64.6 Å². The van der Waals surface area contributed by atoms with Crippen LogP contribution in [0.2, 0.25) is 0 Å². The molecule has 0 saturated carbocycles. The number of nitrogens with one attached hydrogen (secondary N) is 1. The highest BCUT2D eigenvalue weighted by Crippen LogP contribution is 2.34. The molecule has 1 unspecified atom stereocenters. The van der Waals surface area contributed by atoms with Gasteiger partial charge in [0.1, 0.15) is 0 Å². The maximum atomic E-state index is 11.0. The first kappa shape index (κ1) is 16.7. The second-order valence-corrected chi connectivity index (χ2v) is 6.69. The largest absolute Gasteiger partial charge is 0.478 e. The van der Waals surface area contributed by atoms with Gasteiger partial charge in [-0.2, -0.15) is 5.10 Å². The number of carbonyl (C=O) groups is 1. The van der Waals surface area contributed by atoms with Gasteiger partial charge in [0, 0.05) is 23.8 Å². The van der Waals surface area contributed by atoms with Crippen LogP contribution in [0.25, 0.3) is 0 Å². The van der Waals surface area contributed by atoms with Gasteiger partial charge in [-0.3, -0.25) is 10.00 Å². The number of H-pyrrole nitrogens is 1. The Balaban J connectivity index is 1.84. The van der Waals surface area contributed by atoms with Gasteiger partial charge in [0.05, 0.1) is 11.3 Å². The Kier molecular flexibility index (Phi) is 5.00. The van der Waals surface area contributed by atoms with E-state index in [9.17, 15) is 4.79 Å². The van der Waals surface area contributed by atoms with Gasteiger partial charge in [-0.1, -0.05) is 25.0 Å². The van der Waals surface area contributed by atoms with Crippen molar-refractivity contribution in [3.8, 4) is 0 Å². The number of aromatic nitrogens is 2. The maximum absolute atomic E-state index is 11.0. The molecule has 2 N–H and O–H groups in total. The lowest BCUT2D eigenvalue weighted by Crippen LogP contribution is -2.28. The van der Waals surface area contributed by atoms with Crippen molar-refractivity contribution in [1.29, 1.82) is 0 Å². The summed E-state index contributed by atoms with van der Waals surface area (Å²) < 4.78 is 0. The minimum Gasteiger partial charge on any atom is -0.478 e. The quantitative estimate of drug-likeness (QED) is 0.895. The zero-order valence-electron chi connectivity index (χ0n) is 14.4. The third-order valence-corrected chi connectivity index (χ3v) is 4.97. The lowest BCUT2D eigenvalue weighted by Gasteiger charge is -2.30.